The molecule has 21 heavy (non-hydrogen) atoms. The van der Waals surface area contributed by atoms with E-state index in [1.165, 1.54) is 22.6 Å². The van der Waals surface area contributed by atoms with Crippen molar-refractivity contribution in [1.29, 1.82) is 0 Å². The fraction of sp³-hybridized carbons (Fsp3) is 0.267. The van der Waals surface area contributed by atoms with Gasteiger partial charge in [-0.1, -0.05) is 15.9 Å². The van der Waals surface area contributed by atoms with E-state index in [9.17, 15) is 4.39 Å². The topological polar surface area (TPSA) is 36.4 Å². The van der Waals surface area contributed by atoms with E-state index in [4.69, 9.17) is 0 Å². The minimum Gasteiger partial charge on any atom is -0.352 e. The van der Waals surface area contributed by atoms with Crippen LogP contribution < -0.4 is 10.6 Å². The molecule has 0 radical (unpaired) electrons. The number of aliphatic imine (C=N–C) groups is 1. The summed E-state index contributed by atoms with van der Waals surface area (Å²) in [5.74, 6) is 0.446. The maximum absolute atomic E-state index is 13.3. The number of benzene rings is 1. The molecular formula is C15H17BrFN3S. The van der Waals surface area contributed by atoms with Crippen LogP contribution in [0.1, 0.15) is 16.0 Å². The fourth-order valence-electron chi connectivity index (χ4n) is 1.87. The predicted molar refractivity (Wildman–Crippen MR) is 90.2 cm³/mol. The summed E-state index contributed by atoms with van der Waals surface area (Å²) >= 11 is 5.01. The first-order valence-electron chi connectivity index (χ1n) is 6.51. The Morgan fingerprint density at radius 2 is 2.05 bits per heavy atom. The van der Waals surface area contributed by atoms with Gasteiger partial charge in [0.25, 0.3) is 0 Å². The van der Waals surface area contributed by atoms with Crippen LogP contribution in [0, 0.1) is 12.7 Å². The van der Waals surface area contributed by atoms with E-state index in [2.05, 4.69) is 49.9 Å². The van der Waals surface area contributed by atoms with Crippen LogP contribution in [0.5, 0.6) is 0 Å². The van der Waals surface area contributed by atoms with Crippen molar-refractivity contribution in [3.05, 3.63) is 55.9 Å². The van der Waals surface area contributed by atoms with Crippen LogP contribution in [0.4, 0.5) is 4.39 Å². The number of halogens is 2. The maximum Gasteiger partial charge on any atom is 0.191 e. The minimum atomic E-state index is -0.252. The van der Waals surface area contributed by atoms with Crippen molar-refractivity contribution < 1.29 is 4.39 Å². The number of hydrogen-bond donors (Lipinski definition) is 2. The van der Waals surface area contributed by atoms with Gasteiger partial charge in [0.05, 0.1) is 6.54 Å². The Kier molecular flexibility index (Phi) is 5.76. The van der Waals surface area contributed by atoms with E-state index in [0.717, 1.165) is 16.6 Å². The molecule has 2 rings (SSSR count). The first kappa shape index (κ1) is 16.0. The highest BCUT2D eigenvalue weighted by molar-refractivity contribution is 9.10. The minimum absolute atomic E-state index is 0.252. The molecule has 0 saturated carbocycles. The molecular weight excluding hydrogens is 353 g/mol. The Labute approximate surface area is 136 Å². The van der Waals surface area contributed by atoms with Gasteiger partial charge in [-0.3, -0.25) is 4.99 Å². The largest absolute Gasteiger partial charge is 0.352 e. The first-order chi connectivity index (χ1) is 10.1. The number of guanidine groups is 1. The van der Waals surface area contributed by atoms with Crippen LogP contribution in [0.2, 0.25) is 0 Å². The Hall–Kier alpha value is -1.40. The monoisotopic (exact) mass is 369 g/mol. The van der Waals surface area contributed by atoms with Crippen LogP contribution in [0.25, 0.3) is 0 Å². The van der Waals surface area contributed by atoms with Gasteiger partial charge in [0.15, 0.2) is 5.96 Å². The van der Waals surface area contributed by atoms with Gasteiger partial charge in [-0.2, -0.15) is 0 Å². The Bertz CT molecular complexity index is 619. The molecule has 2 N–H and O–H groups in total. The van der Waals surface area contributed by atoms with Crippen LogP contribution in [-0.2, 0) is 13.1 Å². The SMILES string of the molecule is CN=C(NCc1cc(F)cc(Br)c1)NCc1sccc1C. The Balaban J connectivity index is 1.89. The molecule has 0 bridgehead atoms. The summed E-state index contributed by atoms with van der Waals surface area (Å²) in [5.41, 5.74) is 2.13. The third-order valence-electron chi connectivity index (χ3n) is 2.99. The molecule has 0 spiro atoms. The molecule has 6 heteroatoms. The second-order valence-electron chi connectivity index (χ2n) is 4.58. The number of nitrogens with one attached hydrogen (secondary N) is 2. The second kappa shape index (κ2) is 7.56. The molecule has 1 aromatic heterocycles. The van der Waals surface area contributed by atoms with Gasteiger partial charge in [0.2, 0.25) is 0 Å². The smallest absolute Gasteiger partial charge is 0.191 e. The molecule has 2 aromatic rings. The first-order valence-corrected chi connectivity index (χ1v) is 8.18. The van der Waals surface area contributed by atoms with Crippen LogP contribution >= 0.6 is 27.3 Å². The van der Waals surface area contributed by atoms with Crippen LogP contribution in [-0.4, -0.2) is 13.0 Å². The van der Waals surface area contributed by atoms with E-state index >= 15 is 0 Å². The standard InChI is InChI=1S/C15H17BrFN3S/c1-10-3-4-21-14(10)9-20-15(18-2)19-8-11-5-12(16)7-13(17)6-11/h3-7H,8-9H2,1-2H3,(H2,18,19,20). The lowest BCUT2D eigenvalue weighted by Gasteiger charge is -2.12. The van der Waals surface area contributed by atoms with Crippen molar-refractivity contribution in [1.82, 2.24) is 10.6 Å². The zero-order valence-corrected chi connectivity index (χ0v) is 14.3. The van der Waals surface area contributed by atoms with Gasteiger partial charge in [0.1, 0.15) is 5.82 Å². The van der Waals surface area contributed by atoms with Gasteiger partial charge >= 0.3 is 0 Å². The summed E-state index contributed by atoms with van der Waals surface area (Å²) in [6, 6.07) is 6.93. The van der Waals surface area contributed by atoms with E-state index < -0.39 is 0 Å². The number of rotatable bonds is 4. The Morgan fingerprint density at radius 3 is 2.67 bits per heavy atom. The van der Waals surface area contributed by atoms with Crippen molar-refractivity contribution in [2.24, 2.45) is 4.99 Å². The summed E-state index contributed by atoms with van der Waals surface area (Å²) in [7, 11) is 1.72. The lowest BCUT2D eigenvalue weighted by Crippen LogP contribution is -2.36. The summed E-state index contributed by atoms with van der Waals surface area (Å²) < 4.78 is 14.0. The van der Waals surface area contributed by atoms with Gasteiger partial charge < -0.3 is 10.6 Å². The quantitative estimate of drug-likeness (QED) is 0.634. The number of thiophene rings is 1. The molecule has 0 unspecified atom stereocenters. The van der Waals surface area contributed by atoms with Gasteiger partial charge in [0, 0.05) is 22.9 Å². The number of hydrogen-bond acceptors (Lipinski definition) is 2. The summed E-state index contributed by atoms with van der Waals surface area (Å²) in [6.45, 7) is 3.34. The number of aryl methyl sites for hydroxylation is 1. The van der Waals surface area contributed by atoms with Gasteiger partial charge in [-0.15, -0.1) is 11.3 Å². The highest BCUT2D eigenvalue weighted by Crippen LogP contribution is 2.15. The van der Waals surface area contributed by atoms with E-state index in [0.29, 0.717) is 12.5 Å². The summed E-state index contributed by atoms with van der Waals surface area (Å²) in [5, 5.41) is 8.51. The fourth-order valence-corrected chi connectivity index (χ4v) is 3.23. The Morgan fingerprint density at radius 1 is 1.29 bits per heavy atom. The zero-order chi connectivity index (χ0) is 15.2. The molecule has 0 atom stereocenters. The normalized spacial score (nSPS) is 11.5. The molecule has 0 saturated heterocycles. The summed E-state index contributed by atoms with van der Waals surface area (Å²) in [4.78, 5) is 5.45. The van der Waals surface area contributed by atoms with E-state index in [1.807, 2.05) is 6.07 Å². The van der Waals surface area contributed by atoms with Gasteiger partial charge in [-0.25, -0.2) is 4.39 Å². The molecule has 3 nitrogen and oxygen atoms in total. The van der Waals surface area contributed by atoms with Crippen LogP contribution in [0.15, 0.2) is 39.1 Å². The lowest BCUT2D eigenvalue weighted by atomic mass is 10.2. The van der Waals surface area contributed by atoms with Crippen LogP contribution in [0.3, 0.4) is 0 Å². The molecule has 0 aliphatic heterocycles. The average Bonchev–Trinajstić information content (AvgIpc) is 2.83. The number of nitrogens with zero attached hydrogens (tertiary/aromatic N) is 1. The highest BCUT2D eigenvalue weighted by atomic mass is 79.9. The highest BCUT2D eigenvalue weighted by Gasteiger charge is 2.03. The molecule has 0 amide bonds. The average molecular weight is 370 g/mol. The van der Waals surface area contributed by atoms with Crippen molar-refractivity contribution in [3.63, 3.8) is 0 Å². The van der Waals surface area contributed by atoms with Crippen molar-refractivity contribution in [2.45, 2.75) is 20.0 Å². The lowest BCUT2D eigenvalue weighted by molar-refractivity contribution is 0.623. The van der Waals surface area contributed by atoms with Crippen molar-refractivity contribution >= 4 is 33.2 Å². The molecule has 0 aliphatic rings. The second-order valence-corrected chi connectivity index (χ2v) is 6.50. The molecule has 0 aliphatic carbocycles. The van der Waals surface area contributed by atoms with E-state index in [1.54, 1.807) is 18.4 Å². The van der Waals surface area contributed by atoms with E-state index in [-0.39, 0.29) is 5.82 Å². The molecule has 1 aromatic carbocycles. The molecule has 1 heterocycles. The predicted octanol–water partition coefficient (Wildman–Crippen LogP) is 3.82. The maximum atomic E-state index is 13.3. The molecule has 0 fully saturated rings. The third kappa shape index (κ3) is 4.82. The van der Waals surface area contributed by atoms with Gasteiger partial charge in [-0.05, 0) is 47.7 Å². The third-order valence-corrected chi connectivity index (χ3v) is 4.47. The summed E-state index contributed by atoms with van der Waals surface area (Å²) in [6.07, 6.45) is 0. The zero-order valence-electron chi connectivity index (χ0n) is 11.9. The molecule has 112 valence electrons. The van der Waals surface area contributed by atoms with Crippen molar-refractivity contribution in [3.8, 4) is 0 Å². The van der Waals surface area contributed by atoms with Crippen molar-refractivity contribution in [2.75, 3.05) is 7.05 Å².